The van der Waals surface area contributed by atoms with Gasteiger partial charge in [0.1, 0.15) is 5.65 Å². The summed E-state index contributed by atoms with van der Waals surface area (Å²) in [5.74, 6) is 1.93. The van der Waals surface area contributed by atoms with Crippen molar-refractivity contribution in [1.82, 2.24) is 29.3 Å². The second-order valence-electron chi connectivity index (χ2n) is 12.2. The molecule has 0 amide bonds. The molecule has 4 heterocycles. The second-order valence-corrected chi connectivity index (χ2v) is 12.2. The quantitative estimate of drug-likeness (QED) is 0.144. The van der Waals surface area contributed by atoms with E-state index in [2.05, 4.69) is 89.3 Å². The first-order chi connectivity index (χ1) is 24.3. The molecule has 0 bridgehead atoms. The summed E-state index contributed by atoms with van der Waals surface area (Å²) in [6.45, 7) is 0. The highest BCUT2D eigenvalue weighted by Crippen LogP contribution is 2.36. The molecule has 49 heavy (non-hydrogen) atoms. The van der Waals surface area contributed by atoms with Gasteiger partial charge in [0.25, 0.3) is 0 Å². The molecule has 0 fully saturated rings. The van der Waals surface area contributed by atoms with Crippen LogP contribution < -0.4 is 0 Å². The number of imidazole rings is 1. The minimum atomic E-state index is 0.633. The Kier molecular flexibility index (Phi) is 6.08. The fourth-order valence-electron chi connectivity index (χ4n) is 6.79. The monoisotopic (exact) mass is 626 g/mol. The zero-order valence-electron chi connectivity index (χ0n) is 26.2. The number of hydrogen-bond acceptors (Lipinski definition) is 5. The summed E-state index contributed by atoms with van der Waals surface area (Å²) >= 11 is 0. The molecule has 0 saturated carbocycles. The van der Waals surface area contributed by atoms with E-state index in [1.165, 1.54) is 0 Å². The molecule has 0 radical (unpaired) electrons. The molecule has 6 aromatic carbocycles. The molecular weight excluding hydrogens is 601 g/mol. The Bertz CT molecular complexity index is 2800. The van der Waals surface area contributed by atoms with Crippen molar-refractivity contribution in [3.63, 3.8) is 0 Å². The van der Waals surface area contributed by atoms with Crippen molar-refractivity contribution in [2.75, 3.05) is 0 Å². The molecule has 0 aliphatic carbocycles. The van der Waals surface area contributed by atoms with Crippen LogP contribution in [0.3, 0.4) is 0 Å². The highest BCUT2D eigenvalue weighted by Gasteiger charge is 2.17. The van der Waals surface area contributed by atoms with E-state index in [-0.39, 0.29) is 0 Å². The van der Waals surface area contributed by atoms with Crippen LogP contribution >= 0.6 is 0 Å². The Labute approximate surface area is 281 Å². The van der Waals surface area contributed by atoms with Crippen LogP contribution in [-0.2, 0) is 0 Å². The molecule has 0 atom stereocenters. The average Bonchev–Trinajstić information content (AvgIpc) is 3.58. The molecule has 0 saturated heterocycles. The van der Waals surface area contributed by atoms with Crippen LogP contribution in [0.25, 0.3) is 94.7 Å². The number of benzene rings is 6. The number of rotatable bonds is 4. The van der Waals surface area contributed by atoms with Gasteiger partial charge in [-0.05, 0) is 41.5 Å². The van der Waals surface area contributed by atoms with E-state index in [1.807, 2.05) is 72.8 Å². The lowest BCUT2D eigenvalue weighted by atomic mass is 10.0. The Balaban J connectivity index is 1.13. The first-order valence-electron chi connectivity index (χ1n) is 16.3. The van der Waals surface area contributed by atoms with Crippen molar-refractivity contribution in [2.24, 2.45) is 0 Å². The van der Waals surface area contributed by atoms with Crippen LogP contribution in [-0.4, -0.2) is 29.3 Å². The average molecular weight is 627 g/mol. The highest BCUT2D eigenvalue weighted by atomic mass is 15.0. The number of para-hydroxylation sites is 3. The SMILES string of the molecule is c1ccc(-c2nc(-c3ccccc3)nc(-c3ccc(-c4ccc5c6nc7ccccc7cc6c6nc7ccccc7n6c5c4)cc3)n2)cc1. The normalized spacial score (nSPS) is 11.7. The van der Waals surface area contributed by atoms with Gasteiger partial charge in [-0.1, -0.05) is 127 Å². The van der Waals surface area contributed by atoms with Crippen molar-refractivity contribution in [2.45, 2.75) is 0 Å². The summed E-state index contributed by atoms with van der Waals surface area (Å²) in [6.07, 6.45) is 0. The molecule has 4 aromatic heterocycles. The lowest BCUT2D eigenvalue weighted by Crippen LogP contribution is -2.00. The molecule has 0 spiro atoms. The molecule has 6 heteroatoms. The Morgan fingerprint density at radius 1 is 0.347 bits per heavy atom. The molecule has 0 N–H and O–H groups in total. The fourth-order valence-corrected chi connectivity index (χ4v) is 6.79. The largest absolute Gasteiger partial charge is 0.292 e. The van der Waals surface area contributed by atoms with Gasteiger partial charge in [0.2, 0.25) is 0 Å². The molecule has 0 unspecified atom stereocenters. The van der Waals surface area contributed by atoms with Crippen LogP contribution in [0.15, 0.2) is 158 Å². The van der Waals surface area contributed by atoms with Crippen molar-refractivity contribution in [1.29, 1.82) is 0 Å². The molecule has 10 aromatic rings. The molecule has 228 valence electrons. The van der Waals surface area contributed by atoms with Gasteiger partial charge in [-0.2, -0.15) is 0 Å². The Morgan fingerprint density at radius 3 is 1.59 bits per heavy atom. The van der Waals surface area contributed by atoms with Gasteiger partial charge in [0, 0.05) is 32.8 Å². The number of hydrogen-bond donors (Lipinski definition) is 0. The van der Waals surface area contributed by atoms with E-state index in [0.717, 1.165) is 77.2 Å². The second kappa shape index (κ2) is 10.9. The topological polar surface area (TPSA) is 68.9 Å². The smallest absolute Gasteiger partial charge is 0.164 e. The van der Waals surface area contributed by atoms with Gasteiger partial charge in [-0.25, -0.2) is 24.9 Å². The van der Waals surface area contributed by atoms with Gasteiger partial charge in [-0.3, -0.25) is 4.40 Å². The minimum Gasteiger partial charge on any atom is -0.292 e. The number of aromatic nitrogens is 6. The summed E-state index contributed by atoms with van der Waals surface area (Å²) in [7, 11) is 0. The van der Waals surface area contributed by atoms with E-state index in [0.29, 0.717) is 17.5 Å². The van der Waals surface area contributed by atoms with E-state index in [1.54, 1.807) is 0 Å². The number of fused-ring (bicyclic) bond motifs is 9. The summed E-state index contributed by atoms with van der Waals surface area (Å²) in [5, 5.41) is 3.23. The number of pyridine rings is 2. The lowest BCUT2D eigenvalue weighted by Gasteiger charge is -2.12. The summed E-state index contributed by atoms with van der Waals surface area (Å²) in [5.41, 5.74) is 11.0. The van der Waals surface area contributed by atoms with E-state index in [4.69, 9.17) is 24.9 Å². The summed E-state index contributed by atoms with van der Waals surface area (Å²) in [6, 6.07) is 54.0. The third kappa shape index (κ3) is 4.53. The van der Waals surface area contributed by atoms with Crippen LogP contribution in [0.4, 0.5) is 0 Å². The first-order valence-corrected chi connectivity index (χ1v) is 16.3. The van der Waals surface area contributed by atoms with Crippen molar-refractivity contribution in [3.8, 4) is 45.3 Å². The zero-order chi connectivity index (χ0) is 32.3. The third-order valence-electron chi connectivity index (χ3n) is 9.20. The van der Waals surface area contributed by atoms with Gasteiger partial charge in [-0.15, -0.1) is 0 Å². The maximum Gasteiger partial charge on any atom is 0.164 e. The zero-order valence-corrected chi connectivity index (χ0v) is 26.2. The van der Waals surface area contributed by atoms with E-state index in [9.17, 15) is 0 Å². The lowest BCUT2D eigenvalue weighted by molar-refractivity contribution is 1.07. The van der Waals surface area contributed by atoms with Gasteiger partial charge in [0.05, 0.1) is 27.6 Å². The van der Waals surface area contributed by atoms with Crippen LogP contribution in [0.5, 0.6) is 0 Å². The fraction of sp³-hybridized carbons (Fsp3) is 0. The number of nitrogens with zero attached hydrogens (tertiary/aromatic N) is 6. The van der Waals surface area contributed by atoms with Crippen molar-refractivity contribution >= 4 is 49.4 Å². The van der Waals surface area contributed by atoms with E-state index < -0.39 is 0 Å². The summed E-state index contributed by atoms with van der Waals surface area (Å²) < 4.78 is 2.28. The maximum atomic E-state index is 5.16. The Morgan fingerprint density at radius 2 is 0.898 bits per heavy atom. The standard InChI is InChI=1S/C43H26N6/c1-3-11-28(12-4-1)40-46-41(29-13-5-2-6-14-29)48-42(47-40)30-21-19-27(20-22-30)31-23-24-33-38(26-31)49-37-18-10-9-17-36(37)45-43(49)34-25-32-15-7-8-16-35(32)44-39(33)34/h1-26H. The van der Waals surface area contributed by atoms with Gasteiger partial charge < -0.3 is 0 Å². The predicted molar refractivity (Wildman–Crippen MR) is 198 cm³/mol. The first kappa shape index (κ1) is 27.3. The van der Waals surface area contributed by atoms with Gasteiger partial charge >= 0.3 is 0 Å². The predicted octanol–water partition coefficient (Wildman–Crippen LogP) is 10.2. The van der Waals surface area contributed by atoms with Crippen LogP contribution in [0.2, 0.25) is 0 Å². The molecular formula is C43H26N6. The van der Waals surface area contributed by atoms with Crippen LogP contribution in [0.1, 0.15) is 0 Å². The highest BCUT2D eigenvalue weighted by molar-refractivity contribution is 6.15. The summed E-state index contributed by atoms with van der Waals surface area (Å²) in [4.78, 5) is 24.9. The molecule has 6 nitrogen and oxygen atoms in total. The maximum absolute atomic E-state index is 5.16. The van der Waals surface area contributed by atoms with E-state index >= 15 is 0 Å². The Hall–Kier alpha value is -6.79. The minimum absolute atomic E-state index is 0.633. The molecule has 0 aliphatic heterocycles. The van der Waals surface area contributed by atoms with Crippen molar-refractivity contribution in [3.05, 3.63) is 158 Å². The van der Waals surface area contributed by atoms with Crippen LogP contribution in [0, 0.1) is 0 Å². The van der Waals surface area contributed by atoms with Crippen molar-refractivity contribution < 1.29 is 0 Å². The third-order valence-corrected chi connectivity index (χ3v) is 9.20. The molecule has 0 aliphatic rings. The molecule has 10 rings (SSSR count). The van der Waals surface area contributed by atoms with Gasteiger partial charge in [0.15, 0.2) is 17.5 Å².